The van der Waals surface area contributed by atoms with Gasteiger partial charge in [0.05, 0.1) is 36.1 Å². The lowest BCUT2D eigenvalue weighted by molar-refractivity contribution is -0.118. The van der Waals surface area contributed by atoms with Crippen LogP contribution in [0.2, 0.25) is 5.02 Å². The summed E-state index contributed by atoms with van der Waals surface area (Å²) in [4.78, 5) is 32.6. The van der Waals surface area contributed by atoms with Crippen LogP contribution in [0.1, 0.15) is 64.0 Å². The third kappa shape index (κ3) is 9.84. The average Bonchev–Trinajstić information content (AvgIpc) is 3.11. The van der Waals surface area contributed by atoms with E-state index in [1.807, 2.05) is 12.1 Å². The maximum absolute atomic E-state index is 15.6. The molecule has 0 saturated carbocycles. The molecule has 0 radical (unpaired) electrons. The molecule has 12 nitrogen and oxygen atoms in total. The molecular weight excluding hydrogens is 725 g/mol. The molecular formula is C38H49ClFN5O7S. The minimum atomic E-state index is -4.08. The van der Waals surface area contributed by atoms with Crippen LogP contribution in [0.25, 0.3) is 0 Å². The lowest BCUT2D eigenvalue weighted by Gasteiger charge is -2.44. The summed E-state index contributed by atoms with van der Waals surface area (Å²) in [6, 6.07) is 10.9. The Labute approximate surface area is 316 Å². The number of nitrogens with zero attached hydrogens (tertiary/aromatic N) is 3. The zero-order chi connectivity index (χ0) is 38.5. The molecule has 2 unspecified atom stereocenters. The van der Waals surface area contributed by atoms with Gasteiger partial charge in [0.25, 0.3) is 0 Å². The van der Waals surface area contributed by atoms with E-state index in [1.54, 1.807) is 52.0 Å². The van der Waals surface area contributed by atoms with Gasteiger partial charge in [0.2, 0.25) is 15.9 Å². The van der Waals surface area contributed by atoms with E-state index < -0.39 is 51.6 Å². The van der Waals surface area contributed by atoms with Gasteiger partial charge in [-0.05, 0) is 101 Å². The second kappa shape index (κ2) is 17.1. The minimum Gasteiger partial charge on any atom is -0.497 e. The van der Waals surface area contributed by atoms with Crippen molar-refractivity contribution in [1.29, 1.82) is 0 Å². The number of hydrogen-bond donors (Lipinski definition) is 2. The van der Waals surface area contributed by atoms with Crippen molar-refractivity contribution in [2.75, 3.05) is 38.7 Å². The third-order valence-electron chi connectivity index (χ3n) is 9.71. The van der Waals surface area contributed by atoms with Crippen molar-refractivity contribution in [1.82, 2.24) is 14.2 Å². The van der Waals surface area contributed by atoms with Crippen LogP contribution in [0.15, 0.2) is 65.8 Å². The van der Waals surface area contributed by atoms with E-state index in [2.05, 4.69) is 10.3 Å². The van der Waals surface area contributed by atoms with E-state index in [9.17, 15) is 18.0 Å². The summed E-state index contributed by atoms with van der Waals surface area (Å²) in [6.07, 6.45) is 3.38. The number of hydrogen-bond acceptors (Lipinski definition) is 9. The first-order valence-corrected chi connectivity index (χ1v) is 19.6. The first kappa shape index (κ1) is 40.4. The molecule has 4 atom stereocenters. The van der Waals surface area contributed by atoms with Crippen molar-refractivity contribution in [2.24, 2.45) is 11.7 Å². The number of piperazine rings is 1. The van der Waals surface area contributed by atoms with E-state index >= 15 is 4.39 Å². The van der Waals surface area contributed by atoms with Gasteiger partial charge in [0, 0.05) is 54.9 Å². The Morgan fingerprint density at radius 2 is 1.74 bits per heavy atom. The van der Waals surface area contributed by atoms with E-state index in [4.69, 9.17) is 31.5 Å². The molecule has 3 aromatic rings. The van der Waals surface area contributed by atoms with Crippen molar-refractivity contribution < 1.29 is 36.6 Å². The van der Waals surface area contributed by atoms with Gasteiger partial charge in [0.15, 0.2) is 0 Å². The van der Waals surface area contributed by atoms with Crippen molar-refractivity contribution in [2.45, 2.75) is 87.9 Å². The number of halogens is 2. The normalized spacial score (nSPS) is 20.0. The third-order valence-corrected chi connectivity index (χ3v) is 12.0. The Morgan fingerprint density at radius 1 is 1.08 bits per heavy atom. The molecule has 0 aliphatic carbocycles. The van der Waals surface area contributed by atoms with Crippen LogP contribution in [-0.4, -0.2) is 91.7 Å². The van der Waals surface area contributed by atoms with E-state index in [0.717, 1.165) is 24.6 Å². The summed E-state index contributed by atoms with van der Waals surface area (Å²) >= 11 is 6.16. The number of pyridine rings is 1. The number of ether oxygens (including phenoxy) is 3. The van der Waals surface area contributed by atoms with E-state index in [1.165, 1.54) is 34.6 Å². The summed E-state index contributed by atoms with van der Waals surface area (Å²) in [5.41, 5.74) is 7.06. The number of benzene rings is 2. The lowest BCUT2D eigenvalue weighted by Crippen LogP contribution is -2.61. The fourth-order valence-corrected chi connectivity index (χ4v) is 9.17. The number of carbonyl (C=O) groups excluding carboxylic acids is 2. The number of anilines is 1. The van der Waals surface area contributed by atoms with E-state index in [-0.39, 0.29) is 53.9 Å². The minimum absolute atomic E-state index is 0.00177. The first-order valence-electron chi connectivity index (χ1n) is 17.8. The number of rotatable bonds is 11. The van der Waals surface area contributed by atoms with Crippen LogP contribution in [0.4, 0.5) is 14.9 Å². The highest BCUT2D eigenvalue weighted by Gasteiger charge is 2.43. The Hall–Kier alpha value is -3.82. The van der Waals surface area contributed by atoms with Crippen molar-refractivity contribution in [3.63, 3.8) is 0 Å². The largest absolute Gasteiger partial charge is 0.497 e. The molecule has 2 aliphatic heterocycles. The van der Waals surface area contributed by atoms with Gasteiger partial charge in [-0.2, -0.15) is 4.31 Å². The number of methoxy groups -OCH3 is 1. The molecule has 3 N–H and O–H groups in total. The summed E-state index contributed by atoms with van der Waals surface area (Å²) in [6.45, 7) is 8.18. The number of sulfonamides is 1. The topological polar surface area (TPSA) is 153 Å². The predicted octanol–water partition coefficient (Wildman–Crippen LogP) is 5.99. The maximum atomic E-state index is 15.6. The molecule has 3 heterocycles. The highest BCUT2D eigenvalue weighted by molar-refractivity contribution is 7.89. The summed E-state index contributed by atoms with van der Waals surface area (Å²) in [5.74, 6) is -0.988. The van der Waals surface area contributed by atoms with Crippen LogP contribution in [0.3, 0.4) is 0 Å². The van der Waals surface area contributed by atoms with Crippen LogP contribution in [0, 0.1) is 11.7 Å². The van der Waals surface area contributed by atoms with Crippen LogP contribution in [-0.2, 0) is 30.7 Å². The zero-order valence-electron chi connectivity index (χ0n) is 30.8. The molecule has 5 rings (SSSR count). The molecule has 2 aliphatic rings. The summed E-state index contributed by atoms with van der Waals surface area (Å²) < 4.78 is 61.8. The molecule has 0 bridgehead atoms. The van der Waals surface area contributed by atoms with Gasteiger partial charge >= 0.3 is 6.09 Å². The molecule has 288 valence electrons. The fraction of sp³-hybridized carbons (Fsp3) is 0.500. The molecule has 15 heteroatoms. The zero-order valence-corrected chi connectivity index (χ0v) is 32.3. The second-order valence-electron chi connectivity index (χ2n) is 14.6. The second-order valence-corrected chi connectivity index (χ2v) is 16.9. The van der Waals surface area contributed by atoms with Gasteiger partial charge in [-0.15, -0.1) is 0 Å². The molecule has 1 aromatic heterocycles. The van der Waals surface area contributed by atoms with Crippen molar-refractivity contribution >= 4 is 39.3 Å². The molecule has 2 aromatic carbocycles. The van der Waals surface area contributed by atoms with Crippen molar-refractivity contribution in [3.8, 4) is 5.75 Å². The molecule has 0 spiro atoms. The highest BCUT2D eigenvalue weighted by Crippen LogP contribution is 2.36. The number of nitrogens with one attached hydrogen (secondary N) is 1. The average molecular weight is 774 g/mol. The quantitative estimate of drug-likeness (QED) is 0.239. The fourth-order valence-electron chi connectivity index (χ4n) is 7.21. The van der Waals surface area contributed by atoms with Gasteiger partial charge in [0.1, 0.15) is 17.2 Å². The van der Waals surface area contributed by atoms with Gasteiger partial charge in [-0.1, -0.05) is 23.7 Å². The van der Waals surface area contributed by atoms with Gasteiger partial charge in [-0.3, -0.25) is 9.78 Å². The molecule has 2 saturated heterocycles. The Morgan fingerprint density at radius 3 is 2.36 bits per heavy atom. The maximum Gasteiger partial charge on any atom is 0.410 e. The standard InChI is InChI=1S/C38H49ClFN5O7S/c1-24-22-44(37(47)52-38(2,3)4)23-28(45(24)53(48,49)30-13-11-29(50-5)12-14-30)10-15-31-32(40)20-42-21-33(31)43-36(46)35(41)34(26-16-18-51-19-17-26)25-6-8-27(39)9-7-25/h6-9,11-14,20-21,24,26,28,34-35H,10,15-19,22-23,41H2,1-5H3,(H,43,46)/t24?,28?,34-,35-/m0/s1. The van der Waals surface area contributed by atoms with Crippen LogP contribution < -0.4 is 15.8 Å². The molecule has 53 heavy (non-hydrogen) atoms. The molecule has 2 amide bonds. The lowest BCUT2D eigenvalue weighted by atomic mass is 9.76. The van der Waals surface area contributed by atoms with Crippen LogP contribution in [0.5, 0.6) is 5.75 Å². The van der Waals surface area contributed by atoms with Gasteiger partial charge < -0.3 is 30.2 Å². The number of amides is 2. The SMILES string of the molecule is COc1ccc(S(=O)(=O)N2C(C)CN(C(=O)OC(C)(C)C)CC2CCc2c(F)cncc2NC(=O)[C@@H](N)[C@@H](c2ccc(Cl)cc2)C2CCOCC2)cc1. The van der Waals surface area contributed by atoms with Crippen LogP contribution >= 0.6 is 11.6 Å². The Balaban J connectivity index is 1.41. The molecule has 2 fully saturated rings. The summed E-state index contributed by atoms with van der Waals surface area (Å²) in [7, 11) is -2.59. The predicted molar refractivity (Wildman–Crippen MR) is 200 cm³/mol. The number of aromatic nitrogens is 1. The monoisotopic (exact) mass is 773 g/mol. The van der Waals surface area contributed by atoms with E-state index in [0.29, 0.717) is 24.0 Å². The Kier molecular flexibility index (Phi) is 13.0. The first-order chi connectivity index (χ1) is 25.1. The number of carbonyl (C=O) groups is 2. The van der Waals surface area contributed by atoms with Crippen molar-refractivity contribution in [3.05, 3.63) is 82.9 Å². The summed E-state index contributed by atoms with van der Waals surface area (Å²) in [5, 5.41) is 3.39. The Bertz CT molecular complexity index is 1840. The smallest absolute Gasteiger partial charge is 0.410 e. The van der Waals surface area contributed by atoms with Gasteiger partial charge in [-0.25, -0.2) is 17.6 Å². The number of nitrogens with two attached hydrogens (primary N) is 1. The highest BCUT2D eigenvalue weighted by atomic mass is 35.5.